The Bertz CT molecular complexity index is 376. The molecule has 1 unspecified atom stereocenters. The quantitative estimate of drug-likeness (QED) is 0.653. The van der Waals surface area contributed by atoms with Crippen molar-refractivity contribution in [2.75, 3.05) is 12.3 Å². The Labute approximate surface area is 93.5 Å². The molecular weight excluding hydrogens is 210 g/mol. The van der Waals surface area contributed by atoms with Crippen LogP contribution in [0.1, 0.15) is 23.7 Å². The molecule has 88 valence electrons. The largest absolute Gasteiger partial charge is 0.493 e. The summed E-state index contributed by atoms with van der Waals surface area (Å²) in [5.41, 5.74) is 6.05. The highest BCUT2D eigenvalue weighted by Crippen LogP contribution is 2.22. The van der Waals surface area contributed by atoms with Crippen LogP contribution < -0.4 is 10.5 Å². The van der Waals surface area contributed by atoms with Crippen molar-refractivity contribution in [1.82, 2.24) is 0 Å². The lowest BCUT2D eigenvalue weighted by Gasteiger charge is -2.10. The van der Waals surface area contributed by atoms with Gasteiger partial charge in [0.25, 0.3) is 0 Å². The number of carboxylic acid groups (broad SMARTS) is 1. The van der Waals surface area contributed by atoms with Gasteiger partial charge in [-0.3, -0.25) is 0 Å². The molecule has 1 aromatic carbocycles. The van der Waals surface area contributed by atoms with Gasteiger partial charge < -0.3 is 20.7 Å². The van der Waals surface area contributed by atoms with Crippen LogP contribution in [-0.2, 0) is 0 Å². The standard InChI is InChI=1S/C11H15NO4/c1-7(13)4-5-16-10-6-8(12)2-3-9(10)11(14)15/h2-3,6-7,13H,4-5,12H2,1H3,(H,14,15). The summed E-state index contributed by atoms with van der Waals surface area (Å²) in [6.07, 6.45) is -0.0391. The van der Waals surface area contributed by atoms with Gasteiger partial charge in [-0.1, -0.05) is 0 Å². The Morgan fingerprint density at radius 1 is 1.56 bits per heavy atom. The maximum absolute atomic E-state index is 10.9. The number of aliphatic hydroxyl groups is 1. The SMILES string of the molecule is CC(O)CCOc1cc(N)ccc1C(=O)O. The number of aromatic carboxylic acids is 1. The molecule has 1 atom stereocenters. The van der Waals surface area contributed by atoms with Crippen LogP contribution in [0.3, 0.4) is 0 Å². The molecule has 0 aliphatic carbocycles. The van der Waals surface area contributed by atoms with Gasteiger partial charge in [0.15, 0.2) is 0 Å². The summed E-state index contributed by atoms with van der Waals surface area (Å²) in [6.45, 7) is 1.89. The molecule has 0 aliphatic heterocycles. The average molecular weight is 225 g/mol. The van der Waals surface area contributed by atoms with Crippen molar-refractivity contribution in [3.05, 3.63) is 23.8 Å². The van der Waals surface area contributed by atoms with E-state index in [1.165, 1.54) is 18.2 Å². The summed E-state index contributed by atoms with van der Waals surface area (Å²) in [7, 11) is 0. The lowest BCUT2D eigenvalue weighted by Crippen LogP contribution is -2.10. The van der Waals surface area contributed by atoms with E-state index in [4.69, 9.17) is 20.7 Å². The summed E-state index contributed by atoms with van der Waals surface area (Å²) < 4.78 is 5.27. The topological polar surface area (TPSA) is 92.8 Å². The minimum absolute atomic E-state index is 0.0693. The van der Waals surface area contributed by atoms with Crippen LogP contribution >= 0.6 is 0 Å². The monoisotopic (exact) mass is 225 g/mol. The first-order chi connectivity index (χ1) is 7.50. The second kappa shape index (κ2) is 5.37. The first-order valence-corrected chi connectivity index (χ1v) is 4.94. The highest BCUT2D eigenvalue weighted by molar-refractivity contribution is 5.91. The van der Waals surface area contributed by atoms with E-state index in [-0.39, 0.29) is 17.9 Å². The molecule has 5 nitrogen and oxygen atoms in total. The van der Waals surface area contributed by atoms with E-state index in [2.05, 4.69) is 0 Å². The average Bonchev–Trinajstić information content (AvgIpc) is 2.16. The van der Waals surface area contributed by atoms with Crippen molar-refractivity contribution >= 4 is 11.7 Å². The van der Waals surface area contributed by atoms with Gasteiger partial charge in [-0.15, -0.1) is 0 Å². The minimum atomic E-state index is -1.06. The Kier molecular flexibility index (Phi) is 4.13. The highest BCUT2D eigenvalue weighted by atomic mass is 16.5. The van der Waals surface area contributed by atoms with Crippen molar-refractivity contribution in [1.29, 1.82) is 0 Å². The number of hydrogen-bond donors (Lipinski definition) is 3. The zero-order valence-corrected chi connectivity index (χ0v) is 9.01. The fourth-order valence-electron chi connectivity index (χ4n) is 1.17. The first kappa shape index (κ1) is 12.3. The van der Waals surface area contributed by atoms with Crippen molar-refractivity contribution < 1.29 is 19.7 Å². The molecular formula is C11H15NO4. The van der Waals surface area contributed by atoms with E-state index in [9.17, 15) is 4.79 Å². The molecule has 16 heavy (non-hydrogen) atoms. The van der Waals surface area contributed by atoms with Gasteiger partial charge in [0, 0.05) is 18.2 Å². The van der Waals surface area contributed by atoms with Crippen LogP contribution in [0.15, 0.2) is 18.2 Å². The molecule has 0 saturated carbocycles. The molecule has 0 radical (unpaired) electrons. The van der Waals surface area contributed by atoms with Gasteiger partial charge in [-0.25, -0.2) is 4.79 Å². The fraction of sp³-hybridized carbons (Fsp3) is 0.364. The molecule has 0 amide bonds. The lowest BCUT2D eigenvalue weighted by molar-refractivity contribution is 0.0691. The lowest BCUT2D eigenvalue weighted by atomic mass is 10.2. The second-order valence-corrected chi connectivity index (χ2v) is 3.55. The van der Waals surface area contributed by atoms with Crippen LogP contribution in [0, 0.1) is 0 Å². The molecule has 0 spiro atoms. The number of aliphatic hydroxyl groups excluding tert-OH is 1. The van der Waals surface area contributed by atoms with E-state index in [1.807, 2.05) is 0 Å². The van der Waals surface area contributed by atoms with Gasteiger partial charge in [0.05, 0.1) is 12.7 Å². The number of ether oxygens (including phenoxy) is 1. The number of anilines is 1. The molecule has 0 aromatic heterocycles. The van der Waals surface area contributed by atoms with E-state index >= 15 is 0 Å². The summed E-state index contributed by atoms with van der Waals surface area (Å²) in [5, 5.41) is 17.9. The van der Waals surface area contributed by atoms with Crippen LogP contribution in [0.25, 0.3) is 0 Å². The number of carbonyl (C=O) groups is 1. The number of nitrogens with two attached hydrogens (primary N) is 1. The van der Waals surface area contributed by atoms with Gasteiger partial charge in [0.2, 0.25) is 0 Å². The van der Waals surface area contributed by atoms with Crippen molar-refractivity contribution in [2.45, 2.75) is 19.4 Å². The third kappa shape index (κ3) is 3.43. The number of rotatable bonds is 5. The smallest absolute Gasteiger partial charge is 0.339 e. The van der Waals surface area contributed by atoms with Crippen molar-refractivity contribution in [2.24, 2.45) is 0 Å². The third-order valence-electron chi connectivity index (χ3n) is 2.03. The van der Waals surface area contributed by atoms with Gasteiger partial charge in [0.1, 0.15) is 11.3 Å². The Hall–Kier alpha value is -1.75. The van der Waals surface area contributed by atoms with Crippen molar-refractivity contribution in [3.63, 3.8) is 0 Å². The van der Waals surface area contributed by atoms with Crippen LogP contribution in [0.4, 0.5) is 5.69 Å². The van der Waals surface area contributed by atoms with E-state index < -0.39 is 12.1 Å². The predicted octanol–water partition coefficient (Wildman–Crippen LogP) is 1.12. The number of hydrogen-bond acceptors (Lipinski definition) is 4. The molecule has 0 bridgehead atoms. The summed E-state index contributed by atoms with van der Waals surface area (Å²) in [5.74, 6) is -0.833. The second-order valence-electron chi connectivity index (χ2n) is 3.55. The number of nitrogen functional groups attached to an aromatic ring is 1. The molecule has 0 heterocycles. The van der Waals surface area contributed by atoms with Gasteiger partial charge in [-0.05, 0) is 19.1 Å². The zero-order chi connectivity index (χ0) is 12.1. The summed E-state index contributed by atoms with van der Waals surface area (Å²) in [6, 6.07) is 4.37. The molecule has 1 rings (SSSR count). The van der Waals surface area contributed by atoms with Crippen LogP contribution in [-0.4, -0.2) is 28.9 Å². The molecule has 0 fully saturated rings. The van der Waals surface area contributed by atoms with E-state index in [0.29, 0.717) is 12.1 Å². The predicted molar refractivity (Wildman–Crippen MR) is 59.6 cm³/mol. The zero-order valence-electron chi connectivity index (χ0n) is 9.01. The molecule has 0 saturated heterocycles. The summed E-state index contributed by atoms with van der Waals surface area (Å²) >= 11 is 0. The molecule has 5 heteroatoms. The fourth-order valence-corrected chi connectivity index (χ4v) is 1.17. The molecule has 0 aliphatic rings. The highest BCUT2D eigenvalue weighted by Gasteiger charge is 2.11. The Morgan fingerprint density at radius 2 is 2.25 bits per heavy atom. The normalized spacial score (nSPS) is 12.1. The maximum Gasteiger partial charge on any atom is 0.339 e. The third-order valence-corrected chi connectivity index (χ3v) is 2.03. The maximum atomic E-state index is 10.9. The summed E-state index contributed by atoms with van der Waals surface area (Å²) in [4.78, 5) is 10.9. The van der Waals surface area contributed by atoms with E-state index in [0.717, 1.165) is 0 Å². The van der Waals surface area contributed by atoms with Crippen LogP contribution in [0.2, 0.25) is 0 Å². The van der Waals surface area contributed by atoms with Gasteiger partial charge >= 0.3 is 5.97 Å². The number of benzene rings is 1. The van der Waals surface area contributed by atoms with Gasteiger partial charge in [-0.2, -0.15) is 0 Å². The van der Waals surface area contributed by atoms with E-state index in [1.54, 1.807) is 6.92 Å². The Balaban J connectivity index is 2.76. The van der Waals surface area contributed by atoms with Crippen LogP contribution in [0.5, 0.6) is 5.75 Å². The minimum Gasteiger partial charge on any atom is -0.493 e. The number of carboxylic acids is 1. The molecule has 1 aromatic rings. The van der Waals surface area contributed by atoms with Crippen molar-refractivity contribution in [3.8, 4) is 5.75 Å². The Morgan fingerprint density at radius 3 is 2.81 bits per heavy atom. The first-order valence-electron chi connectivity index (χ1n) is 4.94. The molecule has 4 N–H and O–H groups in total.